The lowest BCUT2D eigenvalue weighted by atomic mass is 10.0. The number of imidazole rings is 1. The maximum absolute atomic E-state index is 5.63. The molecule has 1 aromatic heterocycles. The van der Waals surface area contributed by atoms with Gasteiger partial charge < -0.3 is 20.2 Å². The van der Waals surface area contributed by atoms with Crippen LogP contribution >= 0.6 is 0 Å². The first-order chi connectivity index (χ1) is 9.29. The number of aromatic nitrogens is 2. The van der Waals surface area contributed by atoms with Gasteiger partial charge in [0.1, 0.15) is 13.2 Å². The molecule has 0 atom stereocenters. The lowest BCUT2D eigenvalue weighted by molar-refractivity contribution is 0.171. The summed E-state index contributed by atoms with van der Waals surface area (Å²) in [6.45, 7) is 3.84. The van der Waals surface area contributed by atoms with Gasteiger partial charge in [0.15, 0.2) is 11.5 Å². The van der Waals surface area contributed by atoms with Crippen LogP contribution in [0.5, 0.6) is 11.5 Å². The Bertz CT molecular complexity index is 592. The number of benzene rings is 1. The zero-order valence-electron chi connectivity index (χ0n) is 10.9. The summed E-state index contributed by atoms with van der Waals surface area (Å²) in [4.78, 5) is 7.56. The van der Waals surface area contributed by atoms with E-state index in [2.05, 4.69) is 16.9 Å². The average Bonchev–Trinajstić information content (AvgIpc) is 2.86. The maximum Gasteiger partial charge on any atom is 0.162 e. The van der Waals surface area contributed by atoms with E-state index in [4.69, 9.17) is 15.2 Å². The number of nitrogens with two attached hydrogens (primary N) is 1. The molecular weight excluding hydrogens is 242 g/mol. The molecule has 2 aromatic rings. The van der Waals surface area contributed by atoms with Crippen LogP contribution in [0.1, 0.15) is 11.3 Å². The second-order valence-corrected chi connectivity index (χ2v) is 4.58. The molecule has 0 amide bonds. The van der Waals surface area contributed by atoms with Gasteiger partial charge in [-0.15, -0.1) is 0 Å². The van der Waals surface area contributed by atoms with Crippen molar-refractivity contribution in [3.05, 3.63) is 29.7 Å². The third-order valence-corrected chi connectivity index (χ3v) is 3.26. The lowest BCUT2D eigenvalue weighted by Crippen LogP contribution is -2.15. The molecule has 0 unspecified atom stereocenters. The molecule has 5 heteroatoms. The van der Waals surface area contributed by atoms with Crippen molar-refractivity contribution in [2.24, 2.45) is 5.73 Å². The van der Waals surface area contributed by atoms with Crippen LogP contribution in [0, 0.1) is 6.92 Å². The van der Waals surface area contributed by atoms with Crippen LogP contribution < -0.4 is 15.2 Å². The Morgan fingerprint density at radius 2 is 2.00 bits per heavy atom. The summed E-state index contributed by atoms with van der Waals surface area (Å²) in [6.07, 6.45) is 2.49. The highest BCUT2D eigenvalue weighted by molar-refractivity contribution is 5.70. The third-order valence-electron chi connectivity index (χ3n) is 3.26. The van der Waals surface area contributed by atoms with Gasteiger partial charge in [0.25, 0.3) is 0 Å². The van der Waals surface area contributed by atoms with E-state index in [0.717, 1.165) is 40.4 Å². The maximum atomic E-state index is 5.63. The van der Waals surface area contributed by atoms with Crippen molar-refractivity contribution in [2.45, 2.75) is 13.3 Å². The smallest absolute Gasteiger partial charge is 0.162 e. The van der Waals surface area contributed by atoms with Gasteiger partial charge in [-0.3, -0.25) is 0 Å². The fraction of sp³-hybridized carbons (Fsp3) is 0.357. The molecule has 3 rings (SSSR count). The predicted octanol–water partition coefficient (Wildman–Crippen LogP) is 1.66. The Kier molecular flexibility index (Phi) is 3.13. The van der Waals surface area contributed by atoms with Crippen molar-refractivity contribution < 1.29 is 9.47 Å². The molecule has 0 spiro atoms. The van der Waals surface area contributed by atoms with Crippen molar-refractivity contribution in [3.63, 3.8) is 0 Å². The molecule has 0 saturated heterocycles. The minimum absolute atomic E-state index is 0.589. The zero-order chi connectivity index (χ0) is 13.2. The van der Waals surface area contributed by atoms with Gasteiger partial charge in [-0.2, -0.15) is 0 Å². The van der Waals surface area contributed by atoms with E-state index in [1.54, 1.807) is 6.33 Å². The Morgan fingerprint density at radius 3 is 2.74 bits per heavy atom. The number of hydrogen-bond donors (Lipinski definition) is 2. The molecule has 0 saturated carbocycles. The molecule has 2 heterocycles. The number of H-pyrrole nitrogens is 1. The lowest BCUT2D eigenvalue weighted by Gasteiger charge is -2.20. The Hall–Kier alpha value is -2.01. The van der Waals surface area contributed by atoms with E-state index in [1.165, 1.54) is 0 Å². The minimum atomic E-state index is 0.589. The van der Waals surface area contributed by atoms with Gasteiger partial charge >= 0.3 is 0 Å². The molecule has 5 nitrogen and oxygen atoms in total. The number of nitrogens with zero attached hydrogens (tertiary/aromatic N) is 1. The second-order valence-electron chi connectivity index (χ2n) is 4.58. The van der Waals surface area contributed by atoms with Gasteiger partial charge in [0.05, 0.1) is 12.0 Å². The van der Waals surface area contributed by atoms with Crippen LogP contribution in [0.2, 0.25) is 0 Å². The molecule has 1 aliphatic heterocycles. The number of aromatic amines is 1. The van der Waals surface area contributed by atoms with Gasteiger partial charge in [0.2, 0.25) is 0 Å². The Labute approximate surface area is 111 Å². The molecular formula is C14H17N3O2. The highest BCUT2D eigenvalue weighted by Gasteiger charge is 2.17. The van der Waals surface area contributed by atoms with E-state index in [9.17, 15) is 0 Å². The van der Waals surface area contributed by atoms with E-state index < -0.39 is 0 Å². The van der Waals surface area contributed by atoms with Crippen LogP contribution in [0.4, 0.5) is 0 Å². The number of hydrogen-bond acceptors (Lipinski definition) is 4. The van der Waals surface area contributed by atoms with Gasteiger partial charge in [-0.25, -0.2) is 4.98 Å². The summed E-state index contributed by atoms with van der Waals surface area (Å²) in [5.74, 6) is 1.59. The number of aryl methyl sites for hydroxylation is 1. The fourth-order valence-corrected chi connectivity index (χ4v) is 2.33. The van der Waals surface area contributed by atoms with Crippen molar-refractivity contribution in [2.75, 3.05) is 19.8 Å². The monoisotopic (exact) mass is 259 g/mol. The summed E-state index contributed by atoms with van der Waals surface area (Å²) in [7, 11) is 0. The summed E-state index contributed by atoms with van der Waals surface area (Å²) in [6, 6.07) is 4.00. The van der Waals surface area contributed by atoms with Crippen LogP contribution in [0.3, 0.4) is 0 Å². The molecule has 1 aromatic carbocycles. The molecule has 0 radical (unpaired) electrons. The van der Waals surface area contributed by atoms with E-state index in [0.29, 0.717) is 19.8 Å². The summed E-state index contributed by atoms with van der Waals surface area (Å²) in [5, 5.41) is 0. The fourth-order valence-electron chi connectivity index (χ4n) is 2.33. The summed E-state index contributed by atoms with van der Waals surface area (Å²) in [5.41, 5.74) is 9.81. The Balaban J connectivity index is 2.06. The molecule has 100 valence electrons. The van der Waals surface area contributed by atoms with Crippen LogP contribution in [-0.4, -0.2) is 29.7 Å². The van der Waals surface area contributed by atoms with E-state index >= 15 is 0 Å². The van der Waals surface area contributed by atoms with E-state index in [-0.39, 0.29) is 0 Å². The first-order valence-corrected chi connectivity index (χ1v) is 6.42. The summed E-state index contributed by atoms with van der Waals surface area (Å²) >= 11 is 0. The summed E-state index contributed by atoms with van der Waals surface area (Å²) < 4.78 is 11.2. The third kappa shape index (κ3) is 2.17. The number of nitrogens with one attached hydrogen (secondary N) is 1. The highest BCUT2D eigenvalue weighted by Crippen LogP contribution is 2.37. The van der Waals surface area contributed by atoms with Crippen LogP contribution in [0.15, 0.2) is 18.5 Å². The van der Waals surface area contributed by atoms with Crippen LogP contribution in [-0.2, 0) is 6.42 Å². The van der Waals surface area contributed by atoms with Crippen molar-refractivity contribution in [1.29, 1.82) is 0 Å². The molecule has 0 fully saturated rings. The molecule has 19 heavy (non-hydrogen) atoms. The topological polar surface area (TPSA) is 73.2 Å². The SMILES string of the molecule is Cc1cc2c(cc1-c1nc[nH]c1CCN)OCCO2. The standard InChI is InChI=1S/C14H17N3O2/c1-9-6-12-13(19-5-4-18-12)7-10(9)14-11(2-3-15)16-8-17-14/h6-8H,2-5,15H2,1H3,(H,16,17). The number of fused-ring (bicyclic) bond motifs is 1. The van der Waals surface area contributed by atoms with Crippen molar-refractivity contribution >= 4 is 0 Å². The van der Waals surface area contributed by atoms with Crippen molar-refractivity contribution in [3.8, 4) is 22.8 Å². The van der Waals surface area contributed by atoms with Crippen LogP contribution in [0.25, 0.3) is 11.3 Å². The van der Waals surface area contributed by atoms with Gasteiger partial charge in [-0.1, -0.05) is 0 Å². The first kappa shape index (κ1) is 12.0. The normalized spacial score (nSPS) is 13.6. The Morgan fingerprint density at radius 1 is 1.26 bits per heavy atom. The van der Waals surface area contributed by atoms with Gasteiger partial charge in [-0.05, 0) is 31.2 Å². The predicted molar refractivity (Wildman–Crippen MR) is 72.5 cm³/mol. The van der Waals surface area contributed by atoms with E-state index in [1.807, 2.05) is 12.1 Å². The highest BCUT2D eigenvalue weighted by atomic mass is 16.6. The van der Waals surface area contributed by atoms with Crippen molar-refractivity contribution in [1.82, 2.24) is 9.97 Å². The molecule has 3 N–H and O–H groups in total. The minimum Gasteiger partial charge on any atom is -0.486 e. The van der Waals surface area contributed by atoms with Gasteiger partial charge in [0, 0.05) is 17.7 Å². The average molecular weight is 259 g/mol. The number of ether oxygens (including phenoxy) is 2. The quantitative estimate of drug-likeness (QED) is 0.879. The largest absolute Gasteiger partial charge is 0.486 e. The molecule has 0 bridgehead atoms. The molecule has 1 aliphatic rings. The second kappa shape index (κ2) is 4.93. The molecule has 0 aliphatic carbocycles. The first-order valence-electron chi connectivity index (χ1n) is 6.42. The number of rotatable bonds is 3. The zero-order valence-corrected chi connectivity index (χ0v) is 10.9.